The van der Waals surface area contributed by atoms with Crippen LogP contribution in [-0.4, -0.2) is 93.2 Å². The number of methoxy groups -OCH3 is 1. The van der Waals surface area contributed by atoms with Gasteiger partial charge in [0.2, 0.25) is 5.78 Å². The van der Waals surface area contributed by atoms with E-state index in [4.69, 9.17) is 10.5 Å². The standard InChI is InChI=1S/C27H31N3O9/c1-5-8-30(26(37)39-4)11-12-6-7-16(31)18-14(12)9-13-10-15-20(29(2)3)22(33)19(25(28)36)24(35)27(15,38)23(34)17(13)21(18)32/h5-7,13,15,20,31,33-34,38H,1,8-11H2,2-4H3,(H2,28,36)/t13?,15-,20-,27-/m0/s1. The van der Waals surface area contributed by atoms with Crippen LogP contribution in [0, 0.1) is 11.8 Å². The van der Waals surface area contributed by atoms with Crippen LogP contribution in [0.3, 0.4) is 0 Å². The zero-order valence-electron chi connectivity index (χ0n) is 21.8. The van der Waals surface area contributed by atoms with E-state index in [1.165, 1.54) is 29.1 Å². The zero-order chi connectivity index (χ0) is 29.0. The molecule has 39 heavy (non-hydrogen) atoms. The summed E-state index contributed by atoms with van der Waals surface area (Å²) in [6.07, 6.45) is 0.967. The number of rotatable bonds is 6. The summed E-state index contributed by atoms with van der Waals surface area (Å²) in [7, 11) is 4.35. The molecule has 12 heteroatoms. The number of ketones is 2. The first kappa shape index (κ1) is 27.9. The predicted molar refractivity (Wildman–Crippen MR) is 137 cm³/mol. The van der Waals surface area contributed by atoms with Crippen molar-refractivity contribution in [3.05, 3.63) is 64.1 Å². The molecule has 0 saturated carbocycles. The largest absolute Gasteiger partial charge is 0.510 e. The van der Waals surface area contributed by atoms with Gasteiger partial charge in [0.15, 0.2) is 11.4 Å². The Balaban J connectivity index is 1.88. The van der Waals surface area contributed by atoms with E-state index in [-0.39, 0.29) is 42.8 Å². The van der Waals surface area contributed by atoms with Gasteiger partial charge in [-0.2, -0.15) is 0 Å². The van der Waals surface area contributed by atoms with Gasteiger partial charge in [0.25, 0.3) is 5.91 Å². The van der Waals surface area contributed by atoms with Gasteiger partial charge < -0.3 is 35.8 Å². The number of Topliss-reactive ketones (excluding diaryl/α,β-unsaturated/α-hetero) is 2. The number of amides is 2. The lowest BCUT2D eigenvalue weighted by atomic mass is 9.58. The number of phenolic OH excluding ortho intramolecular Hbond substituents is 1. The third-order valence-electron chi connectivity index (χ3n) is 7.85. The highest BCUT2D eigenvalue weighted by atomic mass is 16.5. The van der Waals surface area contributed by atoms with E-state index in [1.54, 1.807) is 20.2 Å². The molecule has 4 rings (SSSR count). The van der Waals surface area contributed by atoms with Crippen molar-refractivity contribution in [2.75, 3.05) is 27.7 Å². The molecule has 0 spiro atoms. The lowest BCUT2D eigenvalue weighted by molar-refractivity contribution is -0.148. The maximum absolute atomic E-state index is 13.8. The van der Waals surface area contributed by atoms with Crippen molar-refractivity contribution in [2.45, 2.75) is 31.0 Å². The van der Waals surface area contributed by atoms with Crippen LogP contribution >= 0.6 is 0 Å². The Labute approximate surface area is 224 Å². The SMILES string of the molecule is C=CCN(Cc1ccc(O)c2c1CC1C[C@H]3[C@H](N(C)C)C(O)=C(C(N)=O)C(=O)[C@@]3(O)C(O)=C1C2=O)C(=O)OC. The fraction of sp³-hybridized carbons (Fsp3) is 0.407. The number of carbonyl (C=O) groups excluding carboxylic acids is 4. The Bertz CT molecular complexity index is 1360. The molecule has 1 aromatic rings. The summed E-state index contributed by atoms with van der Waals surface area (Å²) in [4.78, 5) is 54.3. The van der Waals surface area contributed by atoms with Gasteiger partial charge in [-0.15, -0.1) is 6.58 Å². The van der Waals surface area contributed by atoms with Crippen molar-refractivity contribution in [1.29, 1.82) is 0 Å². The molecule has 0 heterocycles. The number of primary amides is 1. The minimum atomic E-state index is -2.70. The molecule has 2 amide bonds. The molecule has 0 fully saturated rings. The number of aliphatic hydroxyl groups excluding tert-OH is 2. The number of likely N-dealkylation sites (N-methyl/N-ethyl adjacent to an activating group) is 1. The monoisotopic (exact) mass is 541 g/mol. The zero-order valence-corrected chi connectivity index (χ0v) is 21.8. The Kier molecular flexibility index (Phi) is 7.04. The van der Waals surface area contributed by atoms with Crippen LogP contribution in [0.1, 0.15) is 27.9 Å². The molecule has 0 bridgehead atoms. The fourth-order valence-electron chi connectivity index (χ4n) is 6.16. The summed E-state index contributed by atoms with van der Waals surface area (Å²) in [5.74, 6) is -7.18. The molecule has 1 unspecified atom stereocenters. The normalized spacial score (nSPS) is 26.1. The van der Waals surface area contributed by atoms with Crippen LogP contribution in [0.25, 0.3) is 0 Å². The van der Waals surface area contributed by atoms with Gasteiger partial charge in [-0.1, -0.05) is 12.1 Å². The van der Waals surface area contributed by atoms with Gasteiger partial charge in [0.05, 0.1) is 18.7 Å². The number of fused-ring (bicyclic) bond motifs is 3. The second-order valence-corrected chi connectivity index (χ2v) is 10.2. The second-order valence-electron chi connectivity index (χ2n) is 10.2. The molecular formula is C27H31N3O9. The van der Waals surface area contributed by atoms with E-state index < -0.39 is 64.1 Å². The van der Waals surface area contributed by atoms with Crippen molar-refractivity contribution in [3.8, 4) is 5.75 Å². The summed E-state index contributed by atoms with van der Waals surface area (Å²) in [6, 6.07) is 1.78. The van der Waals surface area contributed by atoms with Crippen molar-refractivity contribution in [1.82, 2.24) is 9.80 Å². The first-order valence-electron chi connectivity index (χ1n) is 12.2. The highest BCUT2D eigenvalue weighted by Gasteiger charge is 2.63. The maximum Gasteiger partial charge on any atom is 0.410 e. The number of phenols is 1. The molecular weight excluding hydrogens is 510 g/mol. The summed E-state index contributed by atoms with van der Waals surface area (Å²) in [6.45, 7) is 3.83. The van der Waals surface area contributed by atoms with Gasteiger partial charge in [-0.05, 0) is 50.0 Å². The predicted octanol–water partition coefficient (Wildman–Crippen LogP) is 0.875. The number of ether oxygens (including phenoxy) is 1. The van der Waals surface area contributed by atoms with Gasteiger partial charge in [-0.3, -0.25) is 19.3 Å². The topological polar surface area (TPSA) is 191 Å². The summed E-state index contributed by atoms with van der Waals surface area (Å²) >= 11 is 0. The van der Waals surface area contributed by atoms with Crippen molar-refractivity contribution in [2.24, 2.45) is 17.6 Å². The van der Waals surface area contributed by atoms with Crippen LogP contribution < -0.4 is 5.73 Å². The van der Waals surface area contributed by atoms with Crippen LogP contribution in [0.4, 0.5) is 4.79 Å². The number of allylic oxidation sites excluding steroid dienone is 1. The van der Waals surface area contributed by atoms with Gasteiger partial charge >= 0.3 is 6.09 Å². The third kappa shape index (κ3) is 4.07. The fourth-order valence-corrected chi connectivity index (χ4v) is 6.16. The number of aromatic hydroxyl groups is 1. The van der Waals surface area contributed by atoms with E-state index in [1.807, 2.05) is 0 Å². The number of aliphatic hydroxyl groups is 3. The summed E-state index contributed by atoms with van der Waals surface area (Å²) in [5.41, 5.74) is 2.38. The number of hydrogen-bond acceptors (Lipinski definition) is 10. The van der Waals surface area contributed by atoms with E-state index in [9.17, 15) is 39.6 Å². The minimum Gasteiger partial charge on any atom is -0.510 e. The summed E-state index contributed by atoms with van der Waals surface area (Å²) in [5, 5.41) is 44.5. The molecule has 3 aliphatic carbocycles. The van der Waals surface area contributed by atoms with E-state index in [0.29, 0.717) is 11.1 Å². The van der Waals surface area contributed by atoms with E-state index >= 15 is 0 Å². The quantitative estimate of drug-likeness (QED) is 0.255. The molecule has 0 aliphatic heterocycles. The second kappa shape index (κ2) is 9.86. The number of benzene rings is 1. The lowest BCUT2D eigenvalue weighted by Gasteiger charge is -2.50. The number of hydrogen-bond donors (Lipinski definition) is 5. The first-order chi connectivity index (χ1) is 18.3. The van der Waals surface area contributed by atoms with E-state index in [0.717, 1.165) is 0 Å². The molecule has 1 aromatic carbocycles. The van der Waals surface area contributed by atoms with E-state index in [2.05, 4.69) is 6.58 Å². The minimum absolute atomic E-state index is 0.0318. The average Bonchev–Trinajstić information content (AvgIpc) is 2.86. The third-order valence-corrected chi connectivity index (χ3v) is 7.85. The van der Waals surface area contributed by atoms with Crippen LogP contribution in [-0.2, 0) is 27.3 Å². The number of nitrogens with two attached hydrogens (primary N) is 1. The summed E-state index contributed by atoms with van der Waals surface area (Å²) < 4.78 is 4.83. The molecule has 12 nitrogen and oxygen atoms in total. The molecule has 6 N–H and O–H groups in total. The number of nitrogens with zero attached hydrogens (tertiary/aromatic N) is 2. The molecule has 0 saturated heterocycles. The Morgan fingerprint density at radius 3 is 2.46 bits per heavy atom. The van der Waals surface area contributed by atoms with Crippen molar-refractivity contribution in [3.63, 3.8) is 0 Å². The Hall–Kier alpha value is -4.16. The van der Waals surface area contributed by atoms with Crippen molar-refractivity contribution >= 4 is 23.6 Å². The first-order valence-corrected chi connectivity index (χ1v) is 12.2. The average molecular weight is 542 g/mol. The lowest BCUT2D eigenvalue weighted by Crippen LogP contribution is -2.63. The molecule has 208 valence electrons. The van der Waals surface area contributed by atoms with Gasteiger partial charge in [-0.25, -0.2) is 4.79 Å². The van der Waals surface area contributed by atoms with Gasteiger partial charge in [0.1, 0.15) is 22.8 Å². The number of carbonyl (C=O) groups is 4. The Morgan fingerprint density at radius 1 is 1.23 bits per heavy atom. The molecule has 3 aliphatic rings. The maximum atomic E-state index is 13.8. The molecule has 0 aromatic heterocycles. The smallest absolute Gasteiger partial charge is 0.410 e. The van der Waals surface area contributed by atoms with Gasteiger partial charge in [0, 0.05) is 24.6 Å². The van der Waals surface area contributed by atoms with Crippen LogP contribution in [0.15, 0.2) is 47.5 Å². The molecule has 4 atom stereocenters. The van der Waals surface area contributed by atoms with Crippen LogP contribution in [0.2, 0.25) is 0 Å². The highest BCUT2D eigenvalue weighted by Crippen LogP contribution is 2.52. The Morgan fingerprint density at radius 2 is 1.90 bits per heavy atom. The molecule has 0 radical (unpaired) electrons. The van der Waals surface area contributed by atoms with Crippen LogP contribution in [0.5, 0.6) is 5.75 Å². The highest BCUT2D eigenvalue weighted by molar-refractivity contribution is 6.24. The van der Waals surface area contributed by atoms with Crippen molar-refractivity contribution < 1.29 is 44.3 Å².